The monoisotopic (exact) mass is 450 g/mol. The highest BCUT2D eigenvalue weighted by atomic mass is 16.6. The van der Waals surface area contributed by atoms with Crippen molar-refractivity contribution in [1.82, 2.24) is 18.6 Å². The molecule has 172 valence electrons. The van der Waals surface area contributed by atoms with Gasteiger partial charge in [0.05, 0.1) is 17.5 Å². The van der Waals surface area contributed by atoms with Crippen molar-refractivity contribution in [2.75, 3.05) is 13.1 Å². The molecule has 9 heteroatoms. The fraction of sp³-hybridized carbons (Fsp3) is 0.417. The molecule has 0 saturated carbocycles. The first-order valence-electron chi connectivity index (χ1n) is 11.2. The first-order valence-corrected chi connectivity index (χ1v) is 11.2. The number of carbonyl (C=O) groups is 2. The molecule has 0 bridgehead atoms. The first kappa shape index (κ1) is 21.2. The van der Waals surface area contributed by atoms with Gasteiger partial charge in [-0.2, -0.15) is 0 Å². The first-order chi connectivity index (χ1) is 15.8. The van der Waals surface area contributed by atoms with Crippen molar-refractivity contribution in [2.45, 2.75) is 38.3 Å². The van der Waals surface area contributed by atoms with Crippen LogP contribution in [-0.2, 0) is 31.0 Å². The predicted octanol–water partition coefficient (Wildman–Crippen LogP) is 1.75. The summed E-state index contributed by atoms with van der Waals surface area (Å²) in [6, 6.07) is 8.91. The molecule has 1 unspecified atom stereocenters. The number of hydrogen-bond acceptors (Lipinski definition) is 5. The summed E-state index contributed by atoms with van der Waals surface area (Å²) < 4.78 is 10.1. The Bertz CT molecular complexity index is 1430. The summed E-state index contributed by atoms with van der Waals surface area (Å²) in [6.45, 7) is 3.23. The number of piperidine rings is 1. The predicted molar refractivity (Wildman–Crippen MR) is 121 cm³/mol. The molecular weight excluding hydrogens is 424 g/mol. The molecule has 1 aromatic carbocycles. The van der Waals surface area contributed by atoms with Gasteiger partial charge in [-0.05, 0) is 31.4 Å². The highest BCUT2D eigenvalue weighted by molar-refractivity contribution is 5.98. The fourth-order valence-corrected chi connectivity index (χ4v) is 5.27. The van der Waals surface area contributed by atoms with Crippen molar-refractivity contribution in [3.8, 4) is 0 Å². The smallest absolute Gasteiger partial charge is 0.339 e. The highest BCUT2D eigenvalue weighted by Gasteiger charge is 2.49. The summed E-state index contributed by atoms with van der Waals surface area (Å²) in [5.41, 5.74) is 0.450. The minimum absolute atomic E-state index is 0.242. The summed E-state index contributed by atoms with van der Waals surface area (Å²) in [5, 5.41) is 0.334. The second-order valence-corrected chi connectivity index (χ2v) is 8.88. The van der Waals surface area contributed by atoms with Crippen LogP contribution in [0.25, 0.3) is 11.0 Å². The number of aromatic nitrogens is 3. The molecule has 4 heterocycles. The van der Waals surface area contributed by atoms with E-state index in [2.05, 4.69) is 0 Å². The second-order valence-electron chi connectivity index (χ2n) is 8.88. The van der Waals surface area contributed by atoms with Gasteiger partial charge in [-0.15, -0.1) is 0 Å². The van der Waals surface area contributed by atoms with Gasteiger partial charge in [-0.3, -0.25) is 18.7 Å². The van der Waals surface area contributed by atoms with Gasteiger partial charge in [0, 0.05) is 32.7 Å². The van der Waals surface area contributed by atoms with Gasteiger partial charge in [0.1, 0.15) is 11.3 Å². The second kappa shape index (κ2) is 7.47. The number of likely N-dealkylation sites (tertiary alicyclic amines) is 1. The Morgan fingerprint density at radius 1 is 1.12 bits per heavy atom. The van der Waals surface area contributed by atoms with Gasteiger partial charge in [0.25, 0.3) is 11.5 Å². The molecule has 1 atom stereocenters. The third kappa shape index (κ3) is 2.98. The molecule has 5 rings (SSSR count). The Morgan fingerprint density at radius 3 is 2.64 bits per heavy atom. The molecule has 2 aromatic heterocycles. The molecule has 2 aliphatic heterocycles. The molecule has 1 amide bonds. The SMILES string of the molecule is CCCn1c(C(=O)N2CCCC3(C2)OC(=O)c2ccccc23)cc2c(=O)n(C)c(=O)n(C)c21. The van der Waals surface area contributed by atoms with Crippen LogP contribution in [0.5, 0.6) is 0 Å². The van der Waals surface area contributed by atoms with Crippen LogP contribution in [0.4, 0.5) is 0 Å². The zero-order valence-corrected chi connectivity index (χ0v) is 19.0. The molecular formula is C24H26N4O5. The van der Waals surface area contributed by atoms with E-state index in [9.17, 15) is 19.2 Å². The van der Waals surface area contributed by atoms with Crippen molar-refractivity contribution >= 4 is 22.9 Å². The molecule has 0 radical (unpaired) electrons. The number of carbonyl (C=O) groups excluding carboxylic acids is 2. The summed E-state index contributed by atoms with van der Waals surface area (Å²) >= 11 is 0. The fourth-order valence-electron chi connectivity index (χ4n) is 5.27. The van der Waals surface area contributed by atoms with Gasteiger partial charge < -0.3 is 14.2 Å². The third-order valence-corrected chi connectivity index (χ3v) is 6.83. The Balaban J connectivity index is 1.60. The molecule has 3 aromatic rings. The molecule has 9 nitrogen and oxygen atoms in total. The highest BCUT2D eigenvalue weighted by Crippen LogP contribution is 2.43. The maximum Gasteiger partial charge on any atom is 0.339 e. The van der Waals surface area contributed by atoms with E-state index in [-0.39, 0.29) is 18.4 Å². The van der Waals surface area contributed by atoms with Crippen molar-refractivity contribution in [3.05, 3.63) is 68.0 Å². The van der Waals surface area contributed by atoms with E-state index in [0.717, 1.165) is 16.6 Å². The van der Waals surface area contributed by atoms with E-state index in [1.807, 2.05) is 19.1 Å². The lowest BCUT2D eigenvalue weighted by atomic mass is 9.85. The normalized spacial score (nSPS) is 19.8. The van der Waals surface area contributed by atoms with Gasteiger partial charge >= 0.3 is 11.7 Å². The topological polar surface area (TPSA) is 95.5 Å². The van der Waals surface area contributed by atoms with Crippen molar-refractivity contribution in [3.63, 3.8) is 0 Å². The number of amides is 1. The van der Waals surface area contributed by atoms with Crippen LogP contribution in [0.3, 0.4) is 0 Å². The van der Waals surface area contributed by atoms with E-state index in [0.29, 0.717) is 48.2 Å². The minimum Gasteiger partial charge on any atom is -0.449 e. The summed E-state index contributed by atoms with van der Waals surface area (Å²) in [7, 11) is 3.04. The Morgan fingerprint density at radius 2 is 1.88 bits per heavy atom. The quantitative estimate of drug-likeness (QED) is 0.567. The average Bonchev–Trinajstić information content (AvgIpc) is 3.32. The largest absolute Gasteiger partial charge is 0.449 e. The van der Waals surface area contributed by atoms with Crippen molar-refractivity contribution < 1.29 is 14.3 Å². The van der Waals surface area contributed by atoms with Gasteiger partial charge in [0.2, 0.25) is 0 Å². The van der Waals surface area contributed by atoms with Crippen LogP contribution in [0.15, 0.2) is 39.9 Å². The average molecular weight is 450 g/mol. The number of hydrogen-bond donors (Lipinski definition) is 0. The van der Waals surface area contributed by atoms with E-state index >= 15 is 0 Å². The van der Waals surface area contributed by atoms with Crippen molar-refractivity contribution in [1.29, 1.82) is 0 Å². The van der Waals surface area contributed by atoms with Gasteiger partial charge in [-0.25, -0.2) is 9.59 Å². The zero-order chi connectivity index (χ0) is 23.5. The standard InChI is InChI=1S/C24H26N4O5/c1-4-11-28-18(13-16-19(28)25(2)23(32)26(3)20(16)29)21(30)27-12-7-10-24(14-27)17-9-6-5-8-15(17)22(31)33-24/h5-6,8-9,13H,4,7,10-12,14H2,1-3H3. The maximum atomic E-state index is 13.8. The van der Waals surface area contributed by atoms with E-state index < -0.39 is 16.9 Å². The number of ether oxygens (including phenoxy) is 1. The number of fused-ring (bicyclic) bond motifs is 3. The lowest BCUT2D eigenvalue weighted by molar-refractivity contribution is -0.0444. The third-order valence-electron chi connectivity index (χ3n) is 6.83. The maximum absolute atomic E-state index is 13.8. The van der Waals surface area contributed by atoms with Crippen LogP contribution >= 0.6 is 0 Å². The van der Waals surface area contributed by atoms with Gasteiger partial charge in [0.15, 0.2) is 5.60 Å². The lowest BCUT2D eigenvalue weighted by Gasteiger charge is -2.39. The molecule has 1 spiro atoms. The zero-order valence-electron chi connectivity index (χ0n) is 19.0. The van der Waals surface area contributed by atoms with Crippen molar-refractivity contribution in [2.24, 2.45) is 14.1 Å². The minimum atomic E-state index is -0.855. The van der Waals surface area contributed by atoms with Crippen LogP contribution in [0, 0.1) is 0 Å². The van der Waals surface area contributed by atoms with E-state index in [1.165, 1.54) is 11.6 Å². The summed E-state index contributed by atoms with van der Waals surface area (Å²) in [4.78, 5) is 53.3. The van der Waals surface area contributed by atoms with E-state index in [1.54, 1.807) is 34.7 Å². The Kier molecular flexibility index (Phi) is 4.81. The summed E-state index contributed by atoms with van der Waals surface area (Å²) in [6.07, 6.45) is 2.05. The molecule has 1 fully saturated rings. The molecule has 33 heavy (non-hydrogen) atoms. The molecule has 1 saturated heterocycles. The van der Waals surface area contributed by atoms with Crippen LogP contribution in [-0.4, -0.2) is 43.6 Å². The molecule has 0 N–H and O–H groups in total. The number of rotatable bonds is 3. The number of esters is 1. The number of nitrogens with zero attached hydrogens (tertiary/aromatic N) is 4. The molecule has 2 aliphatic rings. The lowest BCUT2D eigenvalue weighted by Crippen LogP contribution is -2.49. The number of aryl methyl sites for hydroxylation is 2. The van der Waals surface area contributed by atoms with Crippen LogP contribution < -0.4 is 11.2 Å². The number of benzene rings is 1. The summed E-state index contributed by atoms with van der Waals surface area (Å²) in [5.74, 6) is -0.604. The van der Waals surface area contributed by atoms with E-state index in [4.69, 9.17) is 4.74 Å². The van der Waals surface area contributed by atoms with Crippen LogP contribution in [0.1, 0.15) is 52.6 Å². The van der Waals surface area contributed by atoms with Crippen LogP contribution in [0.2, 0.25) is 0 Å². The molecule has 0 aliphatic carbocycles. The van der Waals surface area contributed by atoms with Gasteiger partial charge in [-0.1, -0.05) is 25.1 Å². The Labute approximate surface area is 189 Å². The Hall–Kier alpha value is -3.62.